The number of ether oxygens (including phenoxy) is 1. The highest BCUT2D eigenvalue weighted by Crippen LogP contribution is 2.32. The summed E-state index contributed by atoms with van der Waals surface area (Å²) in [5.74, 6) is 0.200. The Hall–Kier alpha value is -1.29. The van der Waals surface area contributed by atoms with Crippen LogP contribution < -0.4 is 10.5 Å². The van der Waals surface area contributed by atoms with Gasteiger partial charge in [-0.25, -0.2) is 4.39 Å². The first-order chi connectivity index (χ1) is 10.0. The minimum absolute atomic E-state index is 0.234. The van der Waals surface area contributed by atoms with E-state index >= 15 is 0 Å². The highest BCUT2D eigenvalue weighted by Gasteiger charge is 2.21. The lowest BCUT2D eigenvalue weighted by Gasteiger charge is -2.25. The Balaban J connectivity index is 2.30. The van der Waals surface area contributed by atoms with Crippen molar-refractivity contribution in [2.75, 3.05) is 0 Å². The molecule has 2 N–H and O–H groups in total. The smallest absolute Gasteiger partial charge is 0.139 e. The number of rotatable bonds is 5. The molecule has 0 amide bonds. The molecule has 0 radical (unpaired) electrons. The molecule has 2 aromatic rings. The zero-order valence-corrected chi connectivity index (χ0v) is 13.0. The summed E-state index contributed by atoms with van der Waals surface area (Å²) < 4.78 is 19.0. The molecule has 21 heavy (non-hydrogen) atoms. The van der Waals surface area contributed by atoms with Gasteiger partial charge in [-0.1, -0.05) is 42.3 Å². The van der Waals surface area contributed by atoms with Crippen molar-refractivity contribution in [3.63, 3.8) is 0 Å². The zero-order valence-electron chi connectivity index (χ0n) is 11.5. The molecule has 0 heterocycles. The van der Waals surface area contributed by atoms with Crippen molar-refractivity contribution in [1.29, 1.82) is 0 Å². The fourth-order valence-electron chi connectivity index (χ4n) is 1.98. The molecule has 2 atom stereocenters. The Morgan fingerprint density at radius 2 is 1.81 bits per heavy atom. The van der Waals surface area contributed by atoms with Gasteiger partial charge in [-0.15, -0.1) is 0 Å². The van der Waals surface area contributed by atoms with E-state index in [0.717, 1.165) is 5.56 Å². The Morgan fingerprint density at radius 3 is 2.38 bits per heavy atom. The van der Waals surface area contributed by atoms with Crippen LogP contribution in [0.1, 0.15) is 25.0 Å². The summed E-state index contributed by atoms with van der Waals surface area (Å²) >= 11 is 12.0. The average molecular weight is 328 g/mol. The molecule has 0 aliphatic heterocycles. The van der Waals surface area contributed by atoms with Crippen LogP contribution in [0.4, 0.5) is 4.39 Å². The molecule has 0 fully saturated rings. The Kier molecular flexibility index (Phi) is 5.45. The van der Waals surface area contributed by atoms with E-state index < -0.39 is 6.10 Å². The summed E-state index contributed by atoms with van der Waals surface area (Å²) in [6.07, 6.45) is 0.307. The summed E-state index contributed by atoms with van der Waals surface area (Å²) in [7, 11) is 0. The first-order valence-electron chi connectivity index (χ1n) is 6.64. The fraction of sp³-hybridized carbons (Fsp3) is 0.250. The minimum atomic E-state index is -0.408. The summed E-state index contributed by atoms with van der Waals surface area (Å²) in [4.78, 5) is 0. The predicted molar refractivity (Wildman–Crippen MR) is 84.5 cm³/mol. The second-order valence-corrected chi connectivity index (χ2v) is 5.58. The SMILES string of the molecule is CCC(N)C(Oc1ccc(Cl)cc1Cl)c1ccc(F)cc1. The number of hydrogen-bond donors (Lipinski definition) is 1. The topological polar surface area (TPSA) is 35.2 Å². The molecule has 0 aromatic heterocycles. The Morgan fingerprint density at radius 1 is 1.14 bits per heavy atom. The van der Waals surface area contributed by atoms with E-state index in [9.17, 15) is 4.39 Å². The maximum Gasteiger partial charge on any atom is 0.139 e. The van der Waals surface area contributed by atoms with E-state index in [4.69, 9.17) is 33.7 Å². The molecule has 2 rings (SSSR count). The van der Waals surface area contributed by atoms with Gasteiger partial charge in [-0.3, -0.25) is 0 Å². The number of benzene rings is 2. The third kappa shape index (κ3) is 4.10. The van der Waals surface area contributed by atoms with Gasteiger partial charge in [0, 0.05) is 11.1 Å². The van der Waals surface area contributed by atoms with E-state index in [-0.39, 0.29) is 11.9 Å². The average Bonchev–Trinajstić information content (AvgIpc) is 2.47. The molecule has 2 nitrogen and oxygen atoms in total. The molecule has 2 aromatic carbocycles. The summed E-state index contributed by atoms with van der Waals surface area (Å²) in [6.45, 7) is 1.97. The highest BCUT2D eigenvalue weighted by atomic mass is 35.5. The van der Waals surface area contributed by atoms with Crippen LogP contribution in [0.5, 0.6) is 5.75 Å². The molecule has 0 bridgehead atoms. The van der Waals surface area contributed by atoms with Crippen LogP contribution in [0.25, 0.3) is 0 Å². The first kappa shape index (κ1) is 16.1. The lowest BCUT2D eigenvalue weighted by atomic mass is 10.0. The zero-order chi connectivity index (χ0) is 15.4. The lowest BCUT2D eigenvalue weighted by molar-refractivity contribution is 0.171. The van der Waals surface area contributed by atoms with E-state index in [1.165, 1.54) is 12.1 Å². The van der Waals surface area contributed by atoms with Crippen molar-refractivity contribution >= 4 is 23.2 Å². The first-order valence-corrected chi connectivity index (χ1v) is 7.39. The quantitative estimate of drug-likeness (QED) is 0.839. The minimum Gasteiger partial charge on any atom is -0.483 e. The Labute approximate surface area is 133 Å². The monoisotopic (exact) mass is 327 g/mol. The Bertz CT molecular complexity index is 604. The molecule has 2 unspecified atom stereocenters. The summed E-state index contributed by atoms with van der Waals surface area (Å²) in [5.41, 5.74) is 6.93. The van der Waals surface area contributed by atoms with Crippen LogP contribution in [-0.2, 0) is 0 Å². The van der Waals surface area contributed by atoms with Crippen molar-refractivity contribution in [3.05, 3.63) is 63.9 Å². The predicted octanol–water partition coefficient (Wildman–Crippen LogP) is 4.99. The standard InChI is InChI=1S/C16H16Cl2FNO/c1-2-14(20)16(10-3-6-12(19)7-4-10)21-15-8-5-11(17)9-13(15)18/h3-9,14,16H,2,20H2,1H3. The van der Waals surface area contributed by atoms with Crippen LogP contribution >= 0.6 is 23.2 Å². The molecular weight excluding hydrogens is 312 g/mol. The van der Waals surface area contributed by atoms with Crippen LogP contribution in [0.3, 0.4) is 0 Å². The maximum atomic E-state index is 13.1. The van der Waals surface area contributed by atoms with Crippen molar-refractivity contribution < 1.29 is 9.13 Å². The van der Waals surface area contributed by atoms with Gasteiger partial charge in [-0.2, -0.15) is 0 Å². The van der Waals surface area contributed by atoms with E-state index in [1.54, 1.807) is 30.3 Å². The van der Waals surface area contributed by atoms with Crippen molar-refractivity contribution in [3.8, 4) is 5.75 Å². The van der Waals surface area contributed by atoms with Gasteiger partial charge in [0.05, 0.1) is 5.02 Å². The number of nitrogens with two attached hydrogens (primary N) is 1. The van der Waals surface area contributed by atoms with Gasteiger partial charge >= 0.3 is 0 Å². The molecular formula is C16H16Cl2FNO. The van der Waals surface area contributed by atoms with Crippen molar-refractivity contribution in [2.45, 2.75) is 25.5 Å². The van der Waals surface area contributed by atoms with E-state index in [0.29, 0.717) is 22.2 Å². The number of hydrogen-bond acceptors (Lipinski definition) is 2. The second-order valence-electron chi connectivity index (χ2n) is 4.74. The van der Waals surface area contributed by atoms with Crippen LogP contribution in [0, 0.1) is 5.82 Å². The third-order valence-electron chi connectivity index (χ3n) is 3.21. The second kappa shape index (κ2) is 7.12. The van der Waals surface area contributed by atoms with Crippen LogP contribution in [0.2, 0.25) is 10.0 Å². The van der Waals surface area contributed by atoms with E-state index in [2.05, 4.69) is 0 Å². The highest BCUT2D eigenvalue weighted by molar-refractivity contribution is 6.35. The molecule has 0 spiro atoms. The summed E-state index contributed by atoms with van der Waals surface area (Å²) in [5, 5.41) is 0.948. The van der Waals surface area contributed by atoms with Gasteiger partial charge in [-0.05, 0) is 42.3 Å². The third-order valence-corrected chi connectivity index (χ3v) is 3.74. The maximum absolute atomic E-state index is 13.1. The van der Waals surface area contributed by atoms with Gasteiger partial charge < -0.3 is 10.5 Å². The molecule has 112 valence electrons. The molecule has 0 saturated carbocycles. The largest absolute Gasteiger partial charge is 0.483 e. The lowest BCUT2D eigenvalue weighted by Crippen LogP contribution is -2.31. The van der Waals surface area contributed by atoms with Crippen LogP contribution in [-0.4, -0.2) is 6.04 Å². The molecule has 0 saturated heterocycles. The molecule has 5 heteroatoms. The van der Waals surface area contributed by atoms with Gasteiger partial charge in [0.15, 0.2) is 0 Å². The summed E-state index contributed by atoms with van der Waals surface area (Å²) in [6, 6.07) is 10.9. The van der Waals surface area contributed by atoms with Crippen molar-refractivity contribution in [1.82, 2.24) is 0 Å². The van der Waals surface area contributed by atoms with Gasteiger partial charge in [0.1, 0.15) is 17.7 Å². The van der Waals surface area contributed by atoms with Gasteiger partial charge in [0.25, 0.3) is 0 Å². The number of halogens is 3. The normalized spacial score (nSPS) is 13.8. The molecule has 0 aliphatic carbocycles. The molecule has 0 aliphatic rings. The van der Waals surface area contributed by atoms with Crippen molar-refractivity contribution in [2.24, 2.45) is 5.73 Å². The van der Waals surface area contributed by atoms with Crippen LogP contribution in [0.15, 0.2) is 42.5 Å². The van der Waals surface area contributed by atoms with E-state index in [1.807, 2.05) is 6.92 Å². The van der Waals surface area contributed by atoms with Gasteiger partial charge in [0.2, 0.25) is 0 Å². The fourth-order valence-corrected chi connectivity index (χ4v) is 2.43.